The zero-order valence-corrected chi connectivity index (χ0v) is 19.9. The molecule has 0 N–H and O–H groups in total. The van der Waals surface area contributed by atoms with E-state index in [4.69, 9.17) is 9.84 Å². The zero-order valence-electron chi connectivity index (χ0n) is 15.4. The van der Waals surface area contributed by atoms with Gasteiger partial charge in [0, 0.05) is 0 Å². The van der Waals surface area contributed by atoms with Crippen LogP contribution in [0.2, 0.25) is 0 Å². The average molecular weight is 541 g/mol. The van der Waals surface area contributed by atoms with E-state index in [1.165, 1.54) is 6.42 Å². The Bertz CT molecular complexity index is 939. The van der Waals surface area contributed by atoms with Crippen molar-refractivity contribution in [1.82, 2.24) is 17.8 Å². The van der Waals surface area contributed by atoms with Crippen LogP contribution in [0, 0.1) is 5.92 Å². The van der Waals surface area contributed by atoms with Crippen LogP contribution in [0.15, 0.2) is 30.5 Å². The average Bonchev–Trinajstić information content (AvgIpc) is 3.18. The number of hydrogen-bond acceptors (Lipinski definition) is 5. The molecule has 1 unspecified atom stereocenters. The Labute approximate surface area is 169 Å². The number of hydrogen-bond donors (Lipinski definition) is 0. The molecule has 0 radical (unpaired) electrons. The van der Waals surface area contributed by atoms with E-state index in [2.05, 4.69) is 42.7 Å². The van der Waals surface area contributed by atoms with Crippen LogP contribution in [-0.2, 0) is 0 Å². The first-order valence-electron chi connectivity index (χ1n) is 9.04. The van der Waals surface area contributed by atoms with E-state index in [1.54, 1.807) is 0 Å². The summed E-state index contributed by atoms with van der Waals surface area (Å²) in [5.41, 5.74) is 3.12. The summed E-state index contributed by atoms with van der Waals surface area (Å²) in [5.74, 6) is 2.53. The molecule has 1 fully saturated rings. The molecule has 1 aliphatic heterocycles. The summed E-state index contributed by atoms with van der Waals surface area (Å²) in [5, 5.41) is 14.5. The molecule has 3 aromatic rings. The van der Waals surface area contributed by atoms with Crippen LogP contribution in [-0.4, -0.2) is 63.0 Å². The molecule has 1 aliphatic rings. The summed E-state index contributed by atoms with van der Waals surface area (Å²) in [6.07, 6.45) is 3.17. The Morgan fingerprint density at radius 1 is 1.27 bits per heavy atom. The molecule has 2 aromatic heterocycles. The van der Waals surface area contributed by atoms with Crippen LogP contribution >= 0.6 is 0 Å². The van der Waals surface area contributed by atoms with Crippen molar-refractivity contribution in [2.45, 2.75) is 33.3 Å². The number of aromatic nitrogens is 4. The maximum atomic E-state index is 5.88. The predicted molar refractivity (Wildman–Crippen MR) is 104 cm³/mol. The van der Waals surface area contributed by atoms with E-state index < -0.39 is 0 Å². The number of anilines is 1. The van der Waals surface area contributed by atoms with Crippen molar-refractivity contribution in [2.75, 3.05) is 18.0 Å². The first-order chi connectivity index (χ1) is 12.5. The van der Waals surface area contributed by atoms with Crippen LogP contribution in [0.25, 0.3) is 22.2 Å². The van der Waals surface area contributed by atoms with Gasteiger partial charge in [-0.05, 0) is 0 Å². The van der Waals surface area contributed by atoms with Crippen LogP contribution < -0.4 is 9.64 Å². The molecule has 7 heteroatoms. The van der Waals surface area contributed by atoms with Gasteiger partial charge in [0.05, 0.1) is 0 Å². The van der Waals surface area contributed by atoms with Gasteiger partial charge in [-0.1, -0.05) is 0 Å². The molecule has 1 saturated heterocycles. The van der Waals surface area contributed by atoms with Gasteiger partial charge in [-0.15, -0.1) is 0 Å². The van der Waals surface area contributed by atoms with Gasteiger partial charge in [-0.3, -0.25) is 0 Å². The second kappa shape index (κ2) is 7.13. The molecule has 1 aromatic carbocycles. The van der Waals surface area contributed by atoms with E-state index in [0.29, 0.717) is 32.0 Å². The van der Waals surface area contributed by atoms with Gasteiger partial charge in [0.15, 0.2) is 0 Å². The fourth-order valence-corrected chi connectivity index (χ4v) is 4.79. The first kappa shape index (κ1) is 17.7. The summed E-state index contributed by atoms with van der Waals surface area (Å²) >= 11 is 0.599. The summed E-state index contributed by atoms with van der Waals surface area (Å²) in [6, 6.07) is 8.33. The zero-order chi connectivity index (χ0) is 18.3. The van der Waals surface area contributed by atoms with E-state index >= 15 is 0 Å². The minimum absolute atomic E-state index is 0.148. The van der Waals surface area contributed by atoms with Crippen molar-refractivity contribution in [2.24, 2.45) is 5.92 Å². The van der Waals surface area contributed by atoms with Gasteiger partial charge in [0.1, 0.15) is 0 Å². The van der Waals surface area contributed by atoms with Gasteiger partial charge in [0.2, 0.25) is 0 Å². The summed E-state index contributed by atoms with van der Waals surface area (Å²) in [4.78, 5) is 2.32. The number of benzene rings is 1. The fourth-order valence-electron chi connectivity index (χ4n) is 3.46. The van der Waals surface area contributed by atoms with Gasteiger partial charge in [-0.2, -0.15) is 0 Å². The monoisotopic (exact) mass is 541 g/mol. The Morgan fingerprint density at radius 2 is 2.12 bits per heavy atom. The third-order valence-electron chi connectivity index (χ3n) is 4.71. The van der Waals surface area contributed by atoms with Crippen molar-refractivity contribution in [3.63, 3.8) is 0 Å². The topological polar surface area (TPSA) is 56.1 Å². The SMILES string of the molecule is CC1CCN(c2cc(-c3n[n]([Tl])c4ccc(OC(C)C)cc34)cnn2)C1. The standard InChI is InChI=1S/C19H22N5O.Tl/c1-12(2)25-15-4-5-17-16(9-15)19(23-21-17)14-8-18(22-20-10-14)24-7-6-13(3)11-24;/h4-5,8-10,12-13H,6-7,11H2,1-3H3;/q-1;+1. The number of fused-ring (bicyclic) bond motifs is 1. The van der Waals surface area contributed by atoms with Crippen molar-refractivity contribution in [3.05, 3.63) is 30.5 Å². The van der Waals surface area contributed by atoms with Crippen molar-refractivity contribution in [1.29, 1.82) is 0 Å². The first-order valence-corrected chi connectivity index (χ1v) is 11.0. The molecule has 0 saturated carbocycles. The molecule has 1 atom stereocenters. The quantitative estimate of drug-likeness (QED) is 0.476. The van der Waals surface area contributed by atoms with E-state index in [9.17, 15) is 0 Å². The fraction of sp³-hybridized carbons (Fsp3) is 0.421. The van der Waals surface area contributed by atoms with E-state index in [1.807, 2.05) is 26.1 Å². The molecular formula is C19H22N5OTl. The Hall–Kier alpha value is -1.71. The molecule has 0 aliphatic carbocycles. The molecule has 0 spiro atoms. The second-order valence-electron chi connectivity index (χ2n) is 7.28. The number of ether oxygens (including phenoxy) is 1. The van der Waals surface area contributed by atoms with Gasteiger partial charge in [0.25, 0.3) is 0 Å². The van der Waals surface area contributed by atoms with Gasteiger partial charge >= 0.3 is 170 Å². The maximum absolute atomic E-state index is 5.88. The molecule has 4 rings (SSSR count). The van der Waals surface area contributed by atoms with Gasteiger partial charge < -0.3 is 0 Å². The van der Waals surface area contributed by atoms with Crippen LogP contribution in [0.4, 0.5) is 5.82 Å². The van der Waals surface area contributed by atoms with Crippen LogP contribution in [0.1, 0.15) is 27.2 Å². The normalized spacial score (nSPS) is 17.3. The van der Waals surface area contributed by atoms with Crippen LogP contribution in [0.3, 0.4) is 0 Å². The van der Waals surface area contributed by atoms with Crippen molar-refractivity contribution in [3.8, 4) is 17.0 Å². The molecule has 26 heavy (non-hydrogen) atoms. The molecule has 0 bridgehead atoms. The third-order valence-corrected chi connectivity index (χ3v) is 6.24. The van der Waals surface area contributed by atoms with Gasteiger partial charge in [-0.25, -0.2) is 0 Å². The number of nitrogens with zero attached hydrogens (tertiary/aromatic N) is 5. The summed E-state index contributed by atoms with van der Waals surface area (Å²) in [7, 11) is 0. The van der Waals surface area contributed by atoms with Crippen molar-refractivity contribution >= 4 is 42.8 Å². The molecular weight excluding hydrogens is 519 g/mol. The minimum atomic E-state index is 0.148. The van der Waals surface area contributed by atoms with Crippen LogP contribution in [0.5, 0.6) is 5.75 Å². The van der Waals surface area contributed by atoms with Crippen molar-refractivity contribution < 1.29 is 4.74 Å². The molecule has 0 amide bonds. The summed E-state index contributed by atoms with van der Waals surface area (Å²) in [6.45, 7) is 8.45. The molecule has 132 valence electrons. The summed E-state index contributed by atoms with van der Waals surface area (Å²) < 4.78 is 7.95. The molecule has 6 nitrogen and oxygen atoms in total. The Morgan fingerprint density at radius 3 is 2.85 bits per heavy atom. The molecule has 3 heterocycles. The predicted octanol–water partition coefficient (Wildman–Crippen LogP) is 3.06. The Balaban J connectivity index is 1.76. The number of rotatable bonds is 4. The second-order valence-corrected chi connectivity index (χ2v) is 9.18. The van der Waals surface area contributed by atoms with E-state index in [-0.39, 0.29) is 6.10 Å². The van der Waals surface area contributed by atoms with E-state index in [0.717, 1.165) is 46.8 Å². The Kier molecular flexibility index (Phi) is 4.85. The third kappa shape index (κ3) is 3.43.